The van der Waals surface area contributed by atoms with E-state index in [0.717, 1.165) is 13.1 Å². The number of hydrogen-bond acceptors (Lipinski definition) is 6. The maximum absolute atomic E-state index is 12.2. The van der Waals surface area contributed by atoms with Gasteiger partial charge in [0.05, 0.1) is 6.54 Å². The Hall–Kier alpha value is -1.47. The molecule has 1 amide bonds. The summed E-state index contributed by atoms with van der Waals surface area (Å²) in [4.78, 5) is 16.2. The third kappa shape index (κ3) is 2.68. The van der Waals surface area contributed by atoms with Crippen molar-refractivity contribution in [2.45, 2.75) is 31.9 Å². The van der Waals surface area contributed by atoms with Gasteiger partial charge in [-0.2, -0.15) is 4.98 Å². The van der Waals surface area contributed by atoms with E-state index in [0.29, 0.717) is 24.6 Å². The second kappa shape index (κ2) is 5.45. The largest absolute Gasteiger partial charge is 0.368 e. The fourth-order valence-electron chi connectivity index (χ4n) is 2.09. The van der Waals surface area contributed by atoms with Crippen LogP contribution in [-0.2, 0) is 16.1 Å². The highest BCUT2D eigenvalue weighted by Crippen LogP contribution is 2.22. The lowest BCUT2D eigenvalue weighted by Gasteiger charge is -2.34. The zero-order chi connectivity index (χ0) is 13.0. The summed E-state index contributed by atoms with van der Waals surface area (Å²) in [6.45, 7) is 3.53. The molecule has 1 aliphatic rings. The third-order valence-electron chi connectivity index (χ3n) is 3.19. The Morgan fingerprint density at radius 3 is 2.83 bits per heavy atom. The number of hydrogen-bond donors (Lipinski definition) is 2. The second-order valence-corrected chi connectivity index (χ2v) is 4.36. The number of rotatable bonds is 4. The van der Waals surface area contributed by atoms with Crippen molar-refractivity contribution in [3.05, 3.63) is 11.7 Å². The quantitative estimate of drug-likeness (QED) is 0.771. The zero-order valence-corrected chi connectivity index (χ0v) is 10.7. The van der Waals surface area contributed by atoms with Crippen molar-refractivity contribution in [3.8, 4) is 0 Å². The molecule has 1 fully saturated rings. The summed E-state index contributed by atoms with van der Waals surface area (Å²) >= 11 is 0. The molecule has 18 heavy (non-hydrogen) atoms. The summed E-state index contributed by atoms with van der Waals surface area (Å²) < 4.78 is 10.3. The number of ether oxygens (including phenoxy) is 1. The SMILES string of the molecule is COC1(C(=O)NCc2noc(C)n2)CCNCC1. The van der Waals surface area contributed by atoms with Crippen LogP contribution >= 0.6 is 0 Å². The minimum absolute atomic E-state index is 0.117. The van der Waals surface area contributed by atoms with Crippen LogP contribution in [0.15, 0.2) is 4.52 Å². The Balaban J connectivity index is 1.93. The fourth-order valence-corrected chi connectivity index (χ4v) is 2.09. The number of piperidine rings is 1. The van der Waals surface area contributed by atoms with E-state index < -0.39 is 5.60 Å². The van der Waals surface area contributed by atoms with Gasteiger partial charge in [0.2, 0.25) is 5.89 Å². The summed E-state index contributed by atoms with van der Waals surface area (Å²) in [6, 6.07) is 0. The minimum Gasteiger partial charge on any atom is -0.368 e. The predicted molar refractivity (Wildman–Crippen MR) is 62.7 cm³/mol. The van der Waals surface area contributed by atoms with Gasteiger partial charge in [-0.05, 0) is 25.9 Å². The van der Waals surface area contributed by atoms with Crippen molar-refractivity contribution in [2.24, 2.45) is 0 Å². The third-order valence-corrected chi connectivity index (χ3v) is 3.19. The van der Waals surface area contributed by atoms with Gasteiger partial charge in [0.25, 0.3) is 5.91 Å². The lowest BCUT2D eigenvalue weighted by molar-refractivity contribution is -0.146. The first-order chi connectivity index (χ1) is 8.66. The molecule has 0 aliphatic carbocycles. The van der Waals surface area contributed by atoms with E-state index in [9.17, 15) is 4.79 Å². The molecule has 1 saturated heterocycles. The lowest BCUT2D eigenvalue weighted by Crippen LogP contribution is -2.54. The standard InChI is InChI=1S/C11H18N4O3/c1-8-14-9(15-18-8)7-13-10(16)11(17-2)3-5-12-6-4-11/h12H,3-7H2,1-2H3,(H,13,16). The van der Waals surface area contributed by atoms with Gasteiger partial charge in [0.1, 0.15) is 5.60 Å². The number of methoxy groups -OCH3 is 1. The van der Waals surface area contributed by atoms with Crippen molar-refractivity contribution < 1.29 is 14.1 Å². The Labute approximate surface area is 105 Å². The van der Waals surface area contributed by atoms with Crippen LogP contribution in [0.3, 0.4) is 0 Å². The molecule has 0 bridgehead atoms. The van der Waals surface area contributed by atoms with E-state index in [-0.39, 0.29) is 12.5 Å². The highest BCUT2D eigenvalue weighted by Gasteiger charge is 2.39. The Morgan fingerprint density at radius 1 is 1.56 bits per heavy atom. The van der Waals surface area contributed by atoms with Crippen molar-refractivity contribution >= 4 is 5.91 Å². The fraction of sp³-hybridized carbons (Fsp3) is 0.727. The van der Waals surface area contributed by atoms with Crippen molar-refractivity contribution in [3.63, 3.8) is 0 Å². The molecule has 1 aromatic heterocycles. The van der Waals surface area contributed by atoms with E-state index in [1.54, 1.807) is 14.0 Å². The minimum atomic E-state index is -0.732. The molecule has 2 N–H and O–H groups in total. The van der Waals surface area contributed by atoms with E-state index in [1.165, 1.54) is 0 Å². The average molecular weight is 254 g/mol. The Kier molecular flexibility index (Phi) is 3.93. The molecule has 0 spiro atoms. The zero-order valence-electron chi connectivity index (χ0n) is 10.7. The van der Waals surface area contributed by atoms with Crippen LogP contribution in [0.2, 0.25) is 0 Å². The van der Waals surface area contributed by atoms with Crippen LogP contribution < -0.4 is 10.6 Å². The molecule has 0 saturated carbocycles. The molecule has 1 aliphatic heterocycles. The number of nitrogens with zero attached hydrogens (tertiary/aromatic N) is 2. The number of carbonyl (C=O) groups is 1. The van der Waals surface area contributed by atoms with Crippen molar-refractivity contribution in [1.29, 1.82) is 0 Å². The van der Waals surface area contributed by atoms with E-state index in [2.05, 4.69) is 20.8 Å². The van der Waals surface area contributed by atoms with E-state index in [4.69, 9.17) is 9.26 Å². The van der Waals surface area contributed by atoms with Gasteiger partial charge in [-0.25, -0.2) is 0 Å². The van der Waals surface area contributed by atoms with Gasteiger partial charge in [-0.1, -0.05) is 5.16 Å². The summed E-state index contributed by atoms with van der Waals surface area (Å²) in [5.74, 6) is 0.845. The van der Waals surface area contributed by atoms with Gasteiger partial charge < -0.3 is 19.9 Å². The summed E-state index contributed by atoms with van der Waals surface area (Å²) in [5.41, 5.74) is -0.732. The molecule has 100 valence electrons. The smallest absolute Gasteiger partial charge is 0.252 e. The topological polar surface area (TPSA) is 89.3 Å². The van der Waals surface area contributed by atoms with Gasteiger partial charge in [-0.15, -0.1) is 0 Å². The summed E-state index contributed by atoms with van der Waals surface area (Å²) in [6.07, 6.45) is 1.33. The van der Waals surface area contributed by atoms with Gasteiger partial charge in [0.15, 0.2) is 5.82 Å². The van der Waals surface area contributed by atoms with Crippen LogP contribution in [0.1, 0.15) is 24.6 Å². The number of aryl methyl sites for hydroxylation is 1. The first-order valence-corrected chi connectivity index (χ1v) is 6.00. The number of carbonyl (C=O) groups excluding carboxylic acids is 1. The molecule has 2 heterocycles. The number of aromatic nitrogens is 2. The summed E-state index contributed by atoms with van der Waals surface area (Å²) in [5, 5.41) is 9.73. The molecule has 0 unspecified atom stereocenters. The summed E-state index contributed by atoms with van der Waals surface area (Å²) in [7, 11) is 1.57. The van der Waals surface area contributed by atoms with Crippen LogP contribution in [0.5, 0.6) is 0 Å². The van der Waals surface area contributed by atoms with Crippen molar-refractivity contribution in [1.82, 2.24) is 20.8 Å². The lowest BCUT2D eigenvalue weighted by atomic mass is 9.91. The first kappa shape index (κ1) is 13.0. The van der Waals surface area contributed by atoms with E-state index >= 15 is 0 Å². The Morgan fingerprint density at radius 2 is 2.28 bits per heavy atom. The first-order valence-electron chi connectivity index (χ1n) is 6.00. The Bertz CT molecular complexity index is 412. The molecule has 7 heteroatoms. The molecule has 2 rings (SSSR count). The van der Waals surface area contributed by atoms with Crippen LogP contribution in [0.4, 0.5) is 0 Å². The molecule has 7 nitrogen and oxygen atoms in total. The second-order valence-electron chi connectivity index (χ2n) is 4.36. The highest BCUT2D eigenvalue weighted by molar-refractivity contribution is 5.85. The molecular weight excluding hydrogens is 236 g/mol. The van der Waals surface area contributed by atoms with Crippen LogP contribution in [0, 0.1) is 6.92 Å². The average Bonchev–Trinajstić information content (AvgIpc) is 2.82. The molecular formula is C11H18N4O3. The van der Waals surface area contributed by atoms with Gasteiger partial charge in [-0.3, -0.25) is 4.79 Å². The normalized spacial score (nSPS) is 18.6. The van der Waals surface area contributed by atoms with Gasteiger partial charge >= 0.3 is 0 Å². The highest BCUT2D eigenvalue weighted by atomic mass is 16.5. The molecule has 0 radical (unpaired) electrons. The van der Waals surface area contributed by atoms with E-state index in [1.807, 2.05) is 0 Å². The van der Waals surface area contributed by atoms with Crippen LogP contribution in [-0.4, -0.2) is 41.8 Å². The maximum atomic E-state index is 12.2. The van der Waals surface area contributed by atoms with Crippen molar-refractivity contribution in [2.75, 3.05) is 20.2 Å². The predicted octanol–water partition coefficient (Wildman–Crippen LogP) is -0.237. The van der Waals surface area contributed by atoms with Crippen LogP contribution in [0.25, 0.3) is 0 Å². The maximum Gasteiger partial charge on any atom is 0.252 e. The molecule has 0 aromatic carbocycles. The number of nitrogens with one attached hydrogen (secondary N) is 2. The molecule has 1 aromatic rings. The number of amides is 1. The van der Waals surface area contributed by atoms with Gasteiger partial charge in [0, 0.05) is 14.0 Å². The monoisotopic (exact) mass is 254 g/mol. The molecule has 0 atom stereocenters.